The predicted molar refractivity (Wildman–Crippen MR) is 110 cm³/mol. The molecule has 2 aromatic carbocycles. The van der Waals surface area contributed by atoms with Crippen LogP contribution in [-0.4, -0.2) is 16.5 Å². The number of nitriles is 1. The third kappa shape index (κ3) is 3.96. The van der Waals surface area contributed by atoms with Gasteiger partial charge in [-0.15, -0.1) is 0 Å². The van der Waals surface area contributed by atoms with Gasteiger partial charge >= 0.3 is 0 Å². The minimum Gasteiger partial charge on any atom is -0.349 e. The number of hydrogen-bond donors (Lipinski definition) is 1. The number of halogens is 1. The van der Waals surface area contributed by atoms with Crippen LogP contribution in [0.25, 0.3) is 17.0 Å². The van der Waals surface area contributed by atoms with Gasteiger partial charge in [-0.2, -0.15) is 5.26 Å². The van der Waals surface area contributed by atoms with Crippen molar-refractivity contribution >= 4 is 38.8 Å². The second kappa shape index (κ2) is 7.42. The third-order valence-electron chi connectivity index (χ3n) is 4.66. The Bertz CT molecular complexity index is 1070. The summed E-state index contributed by atoms with van der Waals surface area (Å²) < 4.78 is 3.20. The molecule has 0 atom stereocenters. The van der Waals surface area contributed by atoms with Crippen LogP contribution in [0.4, 0.5) is 0 Å². The van der Waals surface area contributed by atoms with Crippen molar-refractivity contribution in [3.8, 4) is 6.07 Å². The second-order valence-corrected chi connectivity index (χ2v) is 7.69. The molecule has 1 N–H and O–H groups in total. The molecule has 0 aliphatic heterocycles. The number of nitrogens with one attached hydrogen (secondary N) is 1. The SMILES string of the molecule is N#C/C(=C\c1cn(Cc2ccc(Br)cc2)c2ccccc12)C(=O)NC1CC1. The Morgan fingerprint density at radius 1 is 1.22 bits per heavy atom. The van der Waals surface area contributed by atoms with Gasteiger partial charge in [0.1, 0.15) is 11.6 Å². The van der Waals surface area contributed by atoms with E-state index >= 15 is 0 Å². The summed E-state index contributed by atoms with van der Waals surface area (Å²) in [6, 6.07) is 18.5. The number of para-hydroxylation sites is 1. The summed E-state index contributed by atoms with van der Waals surface area (Å²) in [4.78, 5) is 12.3. The van der Waals surface area contributed by atoms with Crippen LogP contribution in [-0.2, 0) is 11.3 Å². The minimum atomic E-state index is -0.287. The molecule has 134 valence electrons. The number of rotatable bonds is 5. The zero-order valence-corrected chi connectivity index (χ0v) is 16.2. The van der Waals surface area contributed by atoms with E-state index in [-0.39, 0.29) is 17.5 Å². The van der Waals surface area contributed by atoms with E-state index < -0.39 is 0 Å². The molecule has 0 bridgehead atoms. The van der Waals surface area contributed by atoms with Crippen LogP contribution in [0.15, 0.2) is 64.8 Å². The molecular weight excluding hydrogens is 402 g/mol. The van der Waals surface area contributed by atoms with Crippen LogP contribution in [0.5, 0.6) is 0 Å². The van der Waals surface area contributed by atoms with Gasteiger partial charge in [-0.1, -0.05) is 46.3 Å². The standard InChI is InChI=1S/C22H18BrN3O/c23-18-7-5-15(6-8-18)13-26-14-17(20-3-1-2-4-21(20)26)11-16(12-24)22(27)25-19-9-10-19/h1-8,11,14,19H,9-10,13H2,(H,25,27)/b16-11+. The Labute approximate surface area is 166 Å². The molecule has 3 aromatic rings. The highest BCUT2D eigenvalue weighted by Crippen LogP contribution is 2.25. The summed E-state index contributed by atoms with van der Waals surface area (Å²) in [6.07, 6.45) is 5.69. The van der Waals surface area contributed by atoms with E-state index in [9.17, 15) is 10.1 Å². The lowest BCUT2D eigenvalue weighted by Gasteiger charge is -2.05. The number of amides is 1. The van der Waals surface area contributed by atoms with Crippen molar-refractivity contribution in [2.45, 2.75) is 25.4 Å². The topological polar surface area (TPSA) is 57.8 Å². The Balaban J connectivity index is 1.70. The molecule has 0 saturated heterocycles. The van der Waals surface area contributed by atoms with Gasteiger partial charge < -0.3 is 9.88 Å². The van der Waals surface area contributed by atoms with E-state index in [0.29, 0.717) is 0 Å². The first-order valence-electron chi connectivity index (χ1n) is 8.89. The fourth-order valence-corrected chi connectivity index (χ4v) is 3.37. The van der Waals surface area contributed by atoms with Gasteiger partial charge in [0.05, 0.1) is 0 Å². The summed E-state index contributed by atoms with van der Waals surface area (Å²) in [5.41, 5.74) is 3.28. The van der Waals surface area contributed by atoms with Gasteiger partial charge in [0.25, 0.3) is 5.91 Å². The summed E-state index contributed by atoms with van der Waals surface area (Å²) in [7, 11) is 0. The van der Waals surface area contributed by atoms with E-state index in [0.717, 1.165) is 40.3 Å². The maximum absolute atomic E-state index is 12.3. The highest BCUT2D eigenvalue weighted by molar-refractivity contribution is 9.10. The van der Waals surface area contributed by atoms with Crippen LogP contribution in [0.3, 0.4) is 0 Å². The smallest absolute Gasteiger partial charge is 0.262 e. The van der Waals surface area contributed by atoms with Gasteiger partial charge in [-0.3, -0.25) is 4.79 Å². The van der Waals surface area contributed by atoms with Crippen molar-refractivity contribution in [3.05, 3.63) is 75.9 Å². The van der Waals surface area contributed by atoms with Gasteiger partial charge in [0, 0.05) is 39.7 Å². The number of fused-ring (bicyclic) bond motifs is 1. The fraction of sp³-hybridized carbons (Fsp3) is 0.182. The van der Waals surface area contributed by atoms with E-state index in [4.69, 9.17) is 0 Å². The summed E-state index contributed by atoms with van der Waals surface area (Å²) in [6.45, 7) is 0.720. The number of carbonyl (C=O) groups is 1. The molecule has 5 heteroatoms. The van der Waals surface area contributed by atoms with E-state index in [1.165, 1.54) is 5.56 Å². The molecule has 0 radical (unpaired) electrons. The normalized spacial score (nSPS) is 14.1. The Morgan fingerprint density at radius 3 is 2.67 bits per heavy atom. The van der Waals surface area contributed by atoms with Crippen LogP contribution < -0.4 is 5.32 Å². The number of carbonyl (C=O) groups excluding carboxylic acids is 1. The first-order valence-corrected chi connectivity index (χ1v) is 9.68. The number of hydrogen-bond acceptors (Lipinski definition) is 2. The van der Waals surface area contributed by atoms with Gasteiger partial charge in [0.2, 0.25) is 0 Å². The van der Waals surface area contributed by atoms with Crippen molar-refractivity contribution in [1.29, 1.82) is 5.26 Å². The van der Waals surface area contributed by atoms with Crippen molar-refractivity contribution < 1.29 is 4.79 Å². The van der Waals surface area contributed by atoms with Gasteiger partial charge in [0.15, 0.2) is 0 Å². The van der Waals surface area contributed by atoms with E-state index in [1.54, 1.807) is 6.08 Å². The monoisotopic (exact) mass is 419 g/mol. The number of nitrogens with zero attached hydrogens (tertiary/aromatic N) is 2. The van der Waals surface area contributed by atoms with Gasteiger partial charge in [-0.25, -0.2) is 0 Å². The zero-order chi connectivity index (χ0) is 18.8. The second-order valence-electron chi connectivity index (χ2n) is 6.77. The summed E-state index contributed by atoms with van der Waals surface area (Å²) >= 11 is 3.46. The van der Waals surface area contributed by atoms with Gasteiger partial charge in [-0.05, 0) is 42.7 Å². The van der Waals surface area contributed by atoms with Crippen molar-refractivity contribution in [2.24, 2.45) is 0 Å². The molecule has 27 heavy (non-hydrogen) atoms. The summed E-state index contributed by atoms with van der Waals surface area (Å²) in [5, 5.41) is 13.4. The molecule has 1 amide bonds. The van der Waals surface area contributed by atoms with Crippen LogP contribution in [0, 0.1) is 11.3 Å². The molecule has 0 spiro atoms. The first kappa shape index (κ1) is 17.6. The molecule has 4 nitrogen and oxygen atoms in total. The largest absolute Gasteiger partial charge is 0.349 e. The van der Waals surface area contributed by atoms with Crippen molar-refractivity contribution in [2.75, 3.05) is 0 Å². The van der Waals surface area contributed by atoms with Crippen LogP contribution in [0.2, 0.25) is 0 Å². The van der Waals surface area contributed by atoms with Crippen LogP contribution in [0.1, 0.15) is 24.0 Å². The average molecular weight is 420 g/mol. The lowest BCUT2D eigenvalue weighted by molar-refractivity contribution is -0.117. The molecule has 1 aliphatic rings. The highest BCUT2D eigenvalue weighted by Gasteiger charge is 2.24. The minimum absolute atomic E-state index is 0.147. The van der Waals surface area contributed by atoms with Crippen molar-refractivity contribution in [1.82, 2.24) is 9.88 Å². The Morgan fingerprint density at radius 2 is 1.96 bits per heavy atom. The summed E-state index contributed by atoms with van der Waals surface area (Å²) in [5.74, 6) is -0.287. The molecule has 1 aliphatic carbocycles. The Hall–Kier alpha value is -2.84. The first-order chi connectivity index (χ1) is 13.1. The Kier molecular flexibility index (Phi) is 4.83. The molecule has 1 saturated carbocycles. The lowest BCUT2D eigenvalue weighted by Crippen LogP contribution is -2.26. The average Bonchev–Trinajstić information content (AvgIpc) is 3.43. The third-order valence-corrected chi connectivity index (χ3v) is 5.19. The maximum atomic E-state index is 12.3. The maximum Gasteiger partial charge on any atom is 0.262 e. The lowest BCUT2D eigenvalue weighted by atomic mass is 10.1. The molecule has 1 fully saturated rings. The van der Waals surface area contributed by atoms with Crippen LogP contribution >= 0.6 is 15.9 Å². The molecule has 1 aromatic heterocycles. The number of aromatic nitrogens is 1. The van der Waals surface area contributed by atoms with E-state index in [1.807, 2.05) is 42.6 Å². The highest BCUT2D eigenvalue weighted by atomic mass is 79.9. The quantitative estimate of drug-likeness (QED) is 0.483. The molecule has 4 rings (SSSR count). The molecule has 0 unspecified atom stereocenters. The molecule has 1 heterocycles. The van der Waals surface area contributed by atoms with Crippen molar-refractivity contribution in [3.63, 3.8) is 0 Å². The number of benzene rings is 2. The molecular formula is C22H18BrN3O. The predicted octanol–water partition coefficient (Wildman–Crippen LogP) is 4.64. The zero-order valence-electron chi connectivity index (χ0n) is 14.7. The van der Waals surface area contributed by atoms with E-state index in [2.05, 4.69) is 44.0 Å². The fourth-order valence-electron chi connectivity index (χ4n) is 3.10.